The fraction of sp³-hybridized carbons (Fsp3) is 0.500. The molecule has 1 aliphatic rings. The number of pyridine rings is 1. The van der Waals surface area contributed by atoms with E-state index in [0.29, 0.717) is 12.3 Å². The van der Waals surface area contributed by atoms with E-state index in [1.807, 2.05) is 39.9 Å². The molecule has 1 amide bonds. The molecular formula is C16H22N4O. The fourth-order valence-corrected chi connectivity index (χ4v) is 3.01. The van der Waals surface area contributed by atoms with Gasteiger partial charge in [-0.2, -0.15) is 0 Å². The summed E-state index contributed by atoms with van der Waals surface area (Å²) in [6.07, 6.45) is 6.28. The number of likely N-dealkylation sites (tertiary alicyclic amines) is 1. The maximum Gasteiger partial charge on any atom is 0.228 e. The first kappa shape index (κ1) is 14.1. The van der Waals surface area contributed by atoms with Crippen LogP contribution in [0, 0.1) is 5.92 Å². The van der Waals surface area contributed by atoms with Gasteiger partial charge in [0, 0.05) is 31.5 Å². The third-order valence-electron chi connectivity index (χ3n) is 4.38. The summed E-state index contributed by atoms with van der Waals surface area (Å²) in [5.74, 6) is 0.714. The molecule has 0 aromatic carbocycles. The van der Waals surface area contributed by atoms with E-state index >= 15 is 0 Å². The Morgan fingerprint density at radius 3 is 2.86 bits per heavy atom. The van der Waals surface area contributed by atoms with Crippen molar-refractivity contribution in [3.05, 3.63) is 36.3 Å². The summed E-state index contributed by atoms with van der Waals surface area (Å²) in [7, 11) is 0. The van der Waals surface area contributed by atoms with Gasteiger partial charge in [-0.05, 0) is 37.8 Å². The maximum atomic E-state index is 12.4. The monoisotopic (exact) mass is 286 g/mol. The minimum Gasteiger partial charge on any atom is -0.342 e. The first-order chi connectivity index (χ1) is 10.1. The van der Waals surface area contributed by atoms with Crippen LogP contribution in [-0.2, 0) is 11.2 Å². The van der Waals surface area contributed by atoms with Crippen molar-refractivity contribution < 1.29 is 4.79 Å². The third-order valence-corrected chi connectivity index (χ3v) is 4.38. The summed E-state index contributed by atoms with van der Waals surface area (Å²) in [5, 5.41) is 0. The van der Waals surface area contributed by atoms with E-state index in [-0.39, 0.29) is 11.9 Å². The number of amides is 1. The highest BCUT2D eigenvalue weighted by molar-refractivity contribution is 5.78. The van der Waals surface area contributed by atoms with Crippen LogP contribution < -0.4 is 5.73 Å². The van der Waals surface area contributed by atoms with Crippen molar-refractivity contribution in [3.63, 3.8) is 0 Å². The molecule has 5 nitrogen and oxygen atoms in total. The molecule has 0 bridgehead atoms. The van der Waals surface area contributed by atoms with Gasteiger partial charge in [-0.1, -0.05) is 6.07 Å². The summed E-state index contributed by atoms with van der Waals surface area (Å²) < 4.78 is 1.95. The minimum absolute atomic E-state index is 0.168. The first-order valence-corrected chi connectivity index (χ1v) is 7.59. The molecule has 1 aliphatic heterocycles. The average Bonchev–Trinajstić information content (AvgIpc) is 2.89. The molecule has 3 rings (SSSR count). The van der Waals surface area contributed by atoms with Gasteiger partial charge in [-0.3, -0.25) is 4.79 Å². The third kappa shape index (κ3) is 3.08. The van der Waals surface area contributed by atoms with Gasteiger partial charge in [-0.25, -0.2) is 4.98 Å². The van der Waals surface area contributed by atoms with Crippen LogP contribution in [0.2, 0.25) is 0 Å². The predicted octanol–water partition coefficient (Wildman–Crippen LogP) is 1.46. The van der Waals surface area contributed by atoms with Gasteiger partial charge in [0.15, 0.2) is 0 Å². The molecule has 0 saturated carbocycles. The van der Waals surface area contributed by atoms with Gasteiger partial charge < -0.3 is 15.0 Å². The molecule has 1 saturated heterocycles. The molecule has 0 spiro atoms. The van der Waals surface area contributed by atoms with Crippen LogP contribution in [0.1, 0.15) is 25.5 Å². The molecule has 0 radical (unpaired) electrons. The van der Waals surface area contributed by atoms with Crippen molar-refractivity contribution in [1.29, 1.82) is 0 Å². The predicted molar refractivity (Wildman–Crippen MR) is 81.8 cm³/mol. The summed E-state index contributed by atoms with van der Waals surface area (Å²) in [6, 6.07) is 6.08. The van der Waals surface area contributed by atoms with E-state index in [2.05, 4.69) is 11.9 Å². The topological polar surface area (TPSA) is 63.6 Å². The molecule has 21 heavy (non-hydrogen) atoms. The van der Waals surface area contributed by atoms with Crippen LogP contribution >= 0.6 is 0 Å². The lowest BCUT2D eigenvalue weighted by Gasteiger charge is -2.33. The zero-order valence-electron chi connectivity index (χ0n) is 12.4. The average molecular weight is 286 g/mol. The summed E-state index contributed by atoms with van der Waals surface area (Å²) in [6.45, 7) is 3.69. The minimum atomic E-state index is 0.168. The number of fused-ring (bicyclic) bond motifs is 1. The Labute approximate surface area is 124 Å². The Kier molecular flexibility index (Phi) is 3.92. The van der Waals surface area contributed by atoms with Gasteiger partial charge in [0.25, 0.3) is 0 Å². The Morgan fingerprint density at radius 2 is 2.19 bits per heavy atom. The van der Waals surface area contributed by atoms with E-state index in [9.17, 15) is 4.79 Å². The van der Waals surface area contributed by atoms with Crippen molar-refractivity contribution in [2.75, 3.05) is 13.1 Å². The molecule has 3 heterocycles. The quantitative estimate of drug-likeness (QED) is 0.929. The van der Waals surface area contributed by atoms with E-state index in [0.717, 1.165) is 37.3 Å². The standard InChI is InChI=1S/C16H22N4O/c1-12(17)13-5-8-19(9-6-13)16(21)10-14-11-20-7-3-2-4-15(20)18-14/h2-4,7,11-13H,5-6,8-10,17H2,1H3. The van der Waals surface area contributed by atoms with E-state index in [1.165, 1.54) is 0 Å². The lowest BCUT2D eigenvalue weighted by atomic mass is 9.91. The fourth-order valence-electron chi connectivity index (χ4n) is 3.01. The highest BCUT2D eigenvalue weighted by atomic mass is 16.2. The molecule has 2 aromatic rings. The molecular weight excluding hydrogens is 264 g/mol. The summed E-state index contributed by atoms with van der Waals surface area (Å²) >= 11 is 0. The number of piperidine rings is 1. The number of hydrogen-bond acceptors (Lipinski definition) is 3. The number of carbonyl (C=O) groups excluding carboxylic acids is 1. The van der Waals surface area contributed by atoms with Gasteiger partial charge >= 0.3 is 0 Å². The first-order valence-electron chi connectivity index (χ1n) is 7.59. The van der Waals surface area contributed by atoms with Crippen LogP contribution in [0.4, 0.5) is 0 Å². The maximum absolute atomic E-state index is 12.4. The number of hydrogen-bond donors (Lipinski definition) is 1. The molecule has 112 valence electrons. The highest BCUT2D eigenvalue weighted by Crippen LogP contribution is 2.20. The van der Waals surface area contributed by atoms with Crippen LogP contribution in [-0.4, -0.2) is 39.3 Å². The number of rotatable bonds is 3. The van der Waals surface area contributed by atoms with Gasteiger partial charge in [0.1, 0.15) is 5.65 Å². The van der Waals surface area contributed by atoms with Crippen LogP contribution in [0.5, 0.6) is 0 Å². The largest absolute Gasteiger partial charge is 0.342 e. The summed E-state index contributed by atoms with van der Waals surface area (Å²) in [5.41, 5.74) is 7.66. The second-order valence-electron chi connectivity index (χ2n) is 5.95. The Bertz CT molecular complexity index is 593. The Balaban J connectivity index is 1.61. The van der Waals surface area contributed by atoms with E-state index in [4.69, 9.17) is 5.73 Å². The number of carbonyl (C=O) groups is 1. The summed E-state index contributed by atoms with van der Waals surface area (Å²) in [4.78, 5) is 18.8. The zero-order chi connectivity index (χ0) is 14.8. The SMILES string of the molecule is CC(N)C1CCN(C(=O)Cc2cn3ccccc3n2)CC1. The van der Waals surface area contributed by atoms with Gasteiger partial charge in [0.2, 0.25) is 5.91 Å². The molecule has 1 atom stereocenters. The smallest absolute Gasteiger partial charge is 0.228 e. The van der Waals surface area contributed by atoms with E-state index in [1.54, 1.807) is 0 Å². The lowest BCUT2D eigenvalue weighted by Crippen LogP contribution is -2.43. The Hall–Kier alpha value is -1.88. The molecule has 5 heteroatoms. The van der Waals surface area contributed by atoms with Gasteiger partial charge in [0.05, 0.1) is 12.1 Å². The number of imidazole rings is 1. The molecule has 1 unspecified atom stereocenters. The highest BCUT2D eigenvalue weighted by Gasteiger charge is 2.25. The van der Waals surface area contributed by atoms with Crippen LogP contribution in [0.25, 0.3) is 5.65 Å². The normalized spacial score (nSPS) is 18.1. The number of aromatic nitrogens is 2. The molecule has 1 fully saturated rings. The Morgan fingerprint density at radius 1 is 1.43 bits per heavy atom. The second-order valence-corrected chi connectivity index (χ2v) is 5.95. The van der Waals surface area contributed by atoms with Crippen LogP contribution in [0.3, 0.4) is 0 Å². The number of nitrogens with two attached hydrogens (primary N) is 1. The zero-order valence-corrected chi connectivity index (χ0v) is 12.4. The molecule has 0 aliphatic carbocycles. The van der Waals surface area contributed by atoms with Crippen molar-refractivity contribution in [2.24, 2.45) is 11.7 Å². The molecule has 2 aromatic heterocycles. The lowest BCUT2D eigenvalue weighted by molar-refractivity contribution is -0.132. The van der Waals surface area contributed by atoms with Crippen molar-refractivity contribution >= 4 is 11.6 Å². The van der Waals surface area contributed by atoms with Crippen molar-refractivity contribution in [3.8, 4) is 0 Å². The van der Waals surface area contributed by atoms with Crippen LogP contribution in [0.15, 0.2) is 30.6 Å². The van der Waals surface area contributed by atoms with Crippen molar-refractivity contribution in [2.45, 2.75) is 32.2 Å². The van der Waals surface area contributed by atoms with E-state index < -0.39 is 0 Å². The van der Waals surface area contributed by atoms with Gasteiger partial charge in [-0.15, -0.1) is 0 Å². The van der Waals surface area contributed by atoms with Crippen molar-refractivity contribution in [1.82, 2.24) is 14.3 Å². The second kappa shape index (κ2) is 5.85. The number of nitrogens with zero attached hydrogens (tertiary/aromatic N) is 3. The molecule has 2 N–H and O–H groups in total.